The molecule has 0 atom stereocenters. The molecule has 2 heterocycles. The minimum absolute atomic E-state index is 0.0719. The fourth-order valence-electron chi connectivity index (χ4n) is 2.27. The number of fused-ring (bicyclic) bond motifs is 1. The number of H-pyrrole nitrogens is 1. The Labute approximate surface area is 140 Å². The van der Waals surface area contributed by atoms with Crippen molar-refractivity contribution in [1.29, 1.82) is 0 Å². The molecule has 0 unspecified atom stereocenters. The predicted molar refractivity (Wildman–Crippen MR) is 90.8 cm³/mol. The van der Waals surface area contributed by atoms with Crippen molar-refractivity contribution in [3.8, 4) is 0 Å². The van der Waals surface area contributed by atoms with Crippen LogP contribution in [0.5, 0.6) is 0 Å². The van der Waals surface area contributed by atoms with Gasteiger partial charge in [0, 0.05) is 7.05 Å². The summed E-state index contributed by atoms with van der Waals surface area (Å²) in [5, 5.41) is 4.60. The minimum Gasteiger partial charge on any atom is -0.397 e. The number of aromatic amines is 1. The minimum atomic E-state index is -0.500. The lowest BCUT2D eigenvalue weighted by Gasteiger charge is -2.12. The van der Waals surface area contributed by atoms with Gasteiger partial charge in [-0.05, 0) is 18.6 Å². The quantitative estimate of drug-likeness (QED) is 0.412. The molecule has 0 aliphatic carbocycles. The number of nitrogen functional groups attached to an aromatic ring is 1. The van der Waals surface area contributed by atoms with E-state index in [-0.39, 0.29) is 27.8 Å². The lowest BCUT2D eigenvalue weighted by Crippen LogP contribution is -2.32. The van der Waals surface area contributed by atoms with E-state index in [0.29, 0.717) is 16.6 Å². The molecule has 10 heteroatoms. The molecule has 0 fully saturated rings. The number of aromatic nitrogens is 4. The third-order valence-corrected chi connectivity index (χ3v) is 3.85. The molecule has 0 aliphatic heterocycles. The molecule has 9 nitrogen and oxygen atoms in total. The van der Waals surface area contributed by atoms with E-state index in [1.807, 2.05) is 0 Å². The molecule has 3 rings (SSSR count). The van der Waals surface area contributed by atoms with Gasteiger partial charge in [0.1, 0.15) is 5.39 Å². The summed E-state index contributed by atoms with van der Waals surface area (Å²) >= 11 is 5.94. The van der Waals surface area contributed by atoms with Crippen LogP contribution in [0.2, 0.25) is 5.02 Å². The molecule has 24 heavy (non-hydrogen) atoms. The lowest BCUT2D eigenvalue weighted by molar-refractivity contribution is 0.0962. The fraction of sp³-hybridized carbons (Fsp3) is 0.143. The number of aryl methyl sites for hydroxylation is 2. The number of hydrogen-bond acceptors (Lipinski definition) is 6. The Hall–Kier alpha value is -3.07. The molecule has 3 aromatic rings. The highest BCUT2D eigenvalue weighted by atomic mass is 35.5. The summed E-state index contributed by atoms with van der Waals surface area (Å²) in [6.45, 7) is 1.74. The van der Waals surface area contributed by atoms with Crippen molar-refractivity contribution in [2.75, 3.05) is 11.2 Å². The number of nitrogens with two attached hydrogens (primary N) is 1. The number of carbonyl (C=O) groups excluding carboxylic acids is 1. The van der Waals surface area contributed by atoms with Crippen molar-refractivity contribution < 1.29 is 4.79 Å². The summed E-state index contributed by atoms with van der Waals surface area (Å²) in [4.78, 5) is 31.0. The van der Waals surface area contributed by atoms with Crippen LogP contribution in [0, 0.1) is 6.92 Å². The summed E-state index contributed by atoms with van der Waals surface area (Å²) in [5.74, 6) is -0.428. The Balaban J connectivity index is 1.86. The molecule has 0 saturated heterocycles. The largest absolute Gasteiger partial charge is 0.397 e. The van der Waals surface area contributed by atoms with Crippen molar-refractivity contribution in [3.05, 3.63) is 44.8 Å². The topological polar surface area (TPSA) is 131 Å². The number of nitrogens with one attached hydrogen (secondary N) is 3. The first-order chi connectivity index (χ1) is 11.4. The van der Waals surface area contributed by atoms with Gasteiger partial charge in [-0.15, -0.1) is 0 Å². The summed E-state index contributed by atoms with van der Waals surface area (Å²) < 4.78 is 1.46. The van der Waals surface area contributed by atoms with Gasteiger partial charge >= 0.3 is 0 Å². The van der Waals surface area contributed by atoms with E-state index >= 15 is 0 Å². The van der Waals surface area contributed by atoms with E-state index in [2.05, 4.69) is 25.9 Å². The van der Waals surface area contributed by atoms with Gasteiger partial charge in [-0.25, -0.2) is 0 Å². The molecule has 1 amide bonds. The Morgan fingerprint density at radius 1 is 1.42 bits per heavy atom. The van der Waals surface area contributed by atoms with Crippen LogP contribution < -0.4 is 22.1 Å². The summed E-state index contributed by atoms with van der Waals surface area (Å²) in [5.41, 5.74) is 12.0. The summed E-state index contributed by atoms with van der Waals surface area (Å²) in [7, 11) is 1.66. The number of benzene rings is 1. The second-order valence-electron chi connectivity index (χ2n) is 5.15. The van der Waals surface area contributed by atoms with Gasteiger partial charge in [0.25, 0.3) is 11.5 Å². The zero-order valence-electron chi connectivity index (χ0n) is 12.8. The van der Waals surface area contributed by atoms with Gasteiger partial charge in [-0.3, -0.25) is 30.1 Å². The van der Waals surface area contributed by atoms with Crippen LogP contribution in [-0.4, -0.2) is 25.7 Å². The molecule has 2 aromatic heterocycles. The van der Waals surface area contributed by atoms with Crippen LogP contribution in [0.25, 0.3) is 11.0 Å². The fourth-order valence-corrected chi connectivity index (χ4v) is 2.43. The van der Waals surface area contributed by atoms with Gasteiger partial charge in [0.15, 0.2) is 5.65 Å². The van der Waals surface area contributed by atoms with Gasteiger partial charge in [0.2, 0.25) is 5.95 Å². The molecule has 0 radical (unpaired) electrons. The summed E-state index contributed by atoms with van der Waals surface area (Å²) in [6, 6.07) is 3.31. The van der Waals surface area contributed by atoms with E-state index in [1.165, 1.54) is 10.9 Å². The highest BCUT2D eigenvalue weighted by Gasteiger charge is 2.16. The number of amides is 1. The number of hydrazine groups is 1. The maximum atomic E-state index is 12.3. The van der Waals surface area contributed by atoms with E-state index in [1.54, 1.807) is 26.1 Å². The van der Waals surface area contributed by atoms with Crippen LogP contribution in [-0.2, 0) is 7.05 Å². The van der Waals surface area contributed by atoms with Crippen LogP contribution in [0.4, 0.5) is 11.6 Å². The first-order valence-corrected chi connectivity index (χ1v) is 7.29. The van der Waals surface area contributed by atoms with Crippen molar-refractivity contribution in [3.63, 3.8) is 0 Å². The average Bonchev–Trinajstić information content (AvgIpc) is 2.91. The van der Waals surface area contributed by atoms with Gasteiger partial charge in [-0.2, -0.15) is 10.1 Å². The highest BCUT2D eigenvalue weighted by Crippen LogP contribution is 2.25. The number of hydrogen-bond donors (Lipinski definition) is 4. The second-order valence-corrected chi connectivity index (χ2v) is 5.56. The molecule has 124 valence electrons. The first-order valence-electron chi connectivity index (χ1n) is 6.91. The van der Waals surface area contributed by atoms with Crippen molar-refractivity contribution in [2.45, 2.75) is 6.92 Å². The number of anilines is 2. The van der Waals surface area contributed by atoms with E-state index < -0.39 is 5.91 Å². The zero-order chi connectivity index (χ0) is 17.4. The maximum absolute atomic E-state index is 12.3. The second kappa shape index (κ2) is 5.85. The third kappa shape index (κ3) is 2.65. The van der Waals surface area contributed by atoms with E-state index in [4.69, 9.17) is 17.3 Å². The first kappa shape index (κ1) is 15.8. The third-order valence-electron chi connectivity index (χ3n) is 3.52. The highest BCUT2D eigenvalue weighted by molar-refractivity contribution is 6.34. The molecule has 0 bridgehead atoms. The zero-order valence-corrected chi connectivity index (χ0v) is 13.6. The van der Waals surface area contributed by atoms with E-state index in [9.17, 15) is 9.59 Å². The van der Waals surface area contributed by atoms with E-state index in [0.717, 1.165) is 0 Å². The Morgan fingerprint density at radius 2 is 2.17 bits per heavy atom. The lowest BCUT2D eigenvalue weighted by atomic mass is 10.1. The Bertz CT molecular complexity index is 1010. The van der Waals surface area contributed by atoms with Crippen LogP contribution in [0.1, 0.15) is 15.9 Å². The number of halogens is 1. The number of carbonyl (C=O) groups is 1. The van der Waals surface area contributed by atoms with Gasteiger partial charge < -0.3 is 5.73 Å². The molecule has 1 aromatic carbocycles. The monoisotopic (exact) mass is 347 g/mol. The normalized spacial score (nSPS) is 10.8. The maximum Gasteiger partial charge on any atom is 0.272 e. The molecule has 0 saturated carbocycles. The van der Waals surface area contributed by atoms with Crippen molar-refractivity contribution in [2.24, 2.45) is 7.05 Å². The van der Waals surface area contributed by atoms with Gasteiger partial charge in [0.05, 0.1) is 22.5 Å². The van der Waals surface area contributed by atoms with Crippen molar-refractivity contribution in [1.82, 2.24) is 25.2 Å². The summed E-state index contributed by atoms with van der Waals surface area (Å²) in [6.07, 6.45) is 1.42. The molecular formula is C14H14ClN7O2. The van der Waals surface area contributed by atoms with Crippen LogP contribution in [0.15, 0.2) is 23.1 Å². The molecule has 5 N–H and O–H groups in total. The van der Waals surface area contributed by atoms with Crippen LogP contribution in [0.3, 0.4) is 0 Å². The molecule has 0 aliphatic rings. The molecular weight excluding hydrogens is 334 g/mol. The number of rotatable bonds is 3. The Morgan fingerprint density at radius 3 is 2.92 bits per heavy atom. The smallest absolute Gasteiger partial charge is 0.272 e. The average molecular weight is 348 g/mol. The predicted octanol–water partition coefficient (Wildman–Crippen LogP) is 0.958. The van der Waals surface area contributed by atoms with Crippen molar-refractivity contribution >= 4 is 40.2 Å². The Kier molecular flexibility index (Phi) is 3.86. The standard InChI is InChI=1S/C14H14ClN7O2/c1-6-3-4-8(15)10(16)9(6)13(24)20-21-14-18-11-7(12(23)19-14)5-17-22(11)2/h3-5H,16H2,1-2H3,(H,20,24)(H2,18,19,21,23). The van der Waals surface area contributed by atoms with Crippen LogP contribution >= 0.6 is 11.6 Å². The SMILES string of the molecule is Cc1ccc(Cl)c(N)c1C(=O)NNc1nc2c(cnn2C)c(=O)[nH]1. The van der Waals surface area contributed by atoms with Gasteiger partial charge in [-0.1, -0.05) is 17.7 Å². The molecule has 0 spiro atoms. The number of nitrogens with zero attached hydrogens (tertiary/aromatic N) is 3.